The van der Waals surface area contributed by atoms with Crippen LogP contribution in [0, 0.1) is 0 Å². The molecule has 2 aromatic heterocycles. The number of fused-ring (bicyclic) bond motifs is 6. The van der Waals surface area contributed by atoms with E-state index >= 15 is 0 Å². The van der Waals surface area contributed by atoms with Crippen LogP contribution < -0.4 is 9.80 Å². The van der Waals surface area contributed by atoms with Gasteiger partial charge in [-0.15, -0.1) is 0 Å². The molecule has 0 radical (unpaired) electrons. The topological polar surface area (TPSA) is 32.8 Å². The minimum Gasteiger partial charge on any atom is -0.455 e. The van der Waals surface area contributed by atoms with Gasteiger partial charge in [-0.2, -0.15) is 0 Å². The van der Waals surface area contributed by atoms with Gasteiger partial charge in [0.15, 0.2) is 0 Å². The van der Waals surface area contributed by atoms with Crippen molar-refractivity contribution in [2.24, 2.45) is 0 Å². The number of para-hydroxylation sites is 6. The Labute approximate surface area is 371 Å². The molecule has 4 nitrogen and oxygen atoms in total. The molecule has 0 aliphatic heterocycles. The Morgan fingerprint density at radius 1 is 0.297 bits per heavy atom. The molecule has 9 aromatic carbocycles. The fraction of sp³-hybridized carbons (Fsp3) is 0.0333. The van der Waals surface area contributed by atoms with Crippen molar-refractivity contribution in [3.63, 3.8) is 0 Å². The number of furan rings is 2. The maximum absolute atomic E-state index is 6.42. The third-order valence-corrected chi connectivity index (χ3v) is 12.6. The van der Waals surface area contributed by atoms with Crippen molar-refractivity contribution in [1.29, 1.82) is 0 Å². The molecule has 0 bridgehead atoms. The number of rotatable bonds is 9. The Morgan fingerprint density at radius 3 is 1.25 bits per heavy atom. The average molecular weight is 823 g/mol. The Balaban J connectivity index is 0.831. The molecule has 11 aromatic rings. The lowest BCUT2D eigenvalue weighted by molar-refractivity contribution is 0.667. The minimum atomic E-state index is 0.901. The van der Waals surface area contributed by atoms with Gasteiger partial charge in [-0.05, 0) is 114 Å². The zero-order valence-electron chi connectivity index (χ0n) is 35.1. The molecule has 0 amide bonds. The van der Waals surface area contributed by atoms with E-state index in [1.807, 2.05) is 18.2 Å². The van der Waals surface area contributed by atoms with Crippen molar-refractivity contribution in [3.8, 4) is 22.3 Å². The molecule has 4 heteroatoms. The fourth-order valence-electron chi connectivity index (χ4n) is 9.49. The number of benzene rings is 9. The summed E-state index contributed by atoms with van der Waals surface area (Å²) >= 11 is 0. The maximum atomic E-state index is 6.42. The molecule has 0 atom stereocenters. The van der Waals surface area contributed by atoms with Crippen LogP contribution in [0.4, 0.5) is 28.4 Å². The average Bonchev–Trinajstić information content (AvgIpc) is 3.95. The lowest BCUT2D eigenvalue weighted by Crippen LogP contribution is -2.17. The summed E-state index contributed by atoms with van der Waals surface area (Å²) in [6.07, 6.45) is 6.38. The van der Waals surface area contributed by atoms with E-state index in [0.29, 0.717) is 0 Å². The molecule has 1 aliphatic carbocycles. The van der Waals surface area contributed by atoms with E-state index in [-0.39, 0.29) is 0 Å². The Morgan fingerprint density at radius 2 is 0.719 bits per heavy atom. The molecule has 0 saturated carbocycles. The van der Waals surface area contributed by atoms with Crippen molar-refractivity contribution in [3.05, 3.63) is 242 Å². The highest BCUT2D eigenvalue weighted by molar-refractivity contribution is 6.10. The summed E-state index contributed by atoms with van der Waals surface area (Å²) < 4.78 is 12.8. The molecule has 0 unspecified atom stereocenters. The van der Waals surface area contributed by atoms with Gasteiger partial charge in [0.2, 0.25) is 0 Å². The van der Waals surface area contributed by atoms with Gasteiger partial charge in [0.1, 0.15) is 22.3 Å². The van der Waals surface area contributed by atoms with E-state index in [1.165, 1.54) is 16.8 Å². The third-order valence-electron chi connectivity index (χ3n) is 12.6. The lowest BCUT2D eigenvalue weighted by atomic mass is 9.93. The van der Waals surface area contributed by atoms with Crippen LogP contribution in [0.25, 0.3) is 71.7 Å². The number of hydrogen-bond donors (Lipinski definition) is 0. The Hall–Kier alpha value is -8.34. The zero-order valence-corrected chi connectivity index (χ0v) is 35.1. The molecule has 0 spiro atoms. The van der Waals surface area contributed by atoms with E-state index < -0.39 is 0 Å². The van der Waals surface area contributed by atoms with Crippen LogP contribution in [0.3, 0.4) is 0 Å². The summed E-state index contributed by atoms with van der Waals surface area (Å²) in [6, 6.07) is 77.4. The number of nitrogens with zero attached hydrogens (tertiary/aromatic N) is 2. The fourth-order valence-corrected chi connectivity index (χ4v) is 9.49. The van der Waals surface area contributed by atoms with Gasteiger partial charge in [0.25, 0.3) is 0 Å². The predicted molar refractivity (Wildman–Crippen MR) is 267 cm³/mol. The maximum Gasteiger partial charge on any atom is 0.143 e. The van der Waals surface area contributed by atoms with Crippen molar-refractivity contribution in [1.82, 2.24) is 0 Å². The minimum absolute atomic E-state index is 0.901. The van der Waals surface area contributed by atoms with Gasteiger partial charge in [0, 0.05) is 66.8 Å². The van der Waals surface area contributed by atoms with Crippen LogP contribution in [0.15, 0.2) is 245 Å². The van der Waals surface area contributed by atoms with Gasteiger partial charge in [-0.1, -0.05) is 152 Å². The standard InChI is InChI=1S/C60H42N2O2/c1-3-13-45(14-4-1)61(49-37-29-43(30-38-49)51-19-11-21-55-53-17-7-9-23-57(53)63-59(51)55)47-33-25-41(26-34-47)42-27-35-48(36-28-42)62(46-15-5-2-6-16-46)50-39-31-44(32-40-50)52-20-12-22-56-54-18-8-10-24-58(54)64-60(52)56/h1-31,33-39H,32,40H2. The van der Waals surface area contributed by atoms with E-state index in [1.54, 1.807) is 0 Å². The molecule has 64 heavy (non-hydrogen) atoms. The van der Waals surface area contributed by atoms with Crippen LogP contribution in [0.5, 0.6) is 0 Å². The highest BCUT2D eigenvalue weighted by atomic mass is 16.3. The molecule has 0 fully saturated rings. The number of anilines is 5. The van der Waals surface area contributed by atoms with Crippen LogP contribution >= 0.6 is 0 Å². The second-order valence-corrected chi connectivity index (χ2v) is 16.4. The molecule has 0 saturated heterocycles. The molecule has 2 heterocycles. The second kappa shape index (κ2) is 15.8. The summed E-state index contributed by atoms with van der Waals surface area (Å²) in [5.41, 5.74) is 17.5. The van der Waals surface area contributed by atoms with E-state index in [2.05, 4.69) is 222 Å². The molecule has 1 aliphatic rings. The monoisotopic (exact) mass is 822 g/mol. The largest absolute Gasteiger partial charge is 0.455 e. The summed E-state index contributed by atoms with van der Waals surface area (Å²) in [5, 5.41) is 4.59. The van der Waals surface area contributed by atoms with E-state index in [4.69, 9.17) is 8.83 Å². The van der Waals surface area contributed by atoms with Crippen molar-refractivity contribution in [2.45, 2.75) is 12.8 Å². The SMILES string of the molecule is C1=C(c2cccc3c2oc2ccccc23)CCC(N(c2ccccc2)c2ccc(-c3ccc(N(c4ccccc4)c4ccc(-c5cccc6c5oc5ccccc56)cc4)cc3)cc2)=C1. The van der Waals surface area contributed by atoms with Crippen molar-refractivity contribution < 1.29 is 8.83 Å². The highest BCUT2D eigenvalue weighted by Gasteiger charge is 2.21. The highest BCUT2D eigenvalue weighted by Crippen LogP contribution is 2.42. The summed E-state index contributed by atoms with van der Waals surface area (Å²) in [5.74, 6) is 0. The zero-order chi connectivity index (χ0) is 42.4. The van der Waals surface area contributed by atoms with E-state index in [9.17, 15) is 0 Å². The summed E-state index contributed by atoms with van der Waals surface area (Å²) in [7, 11) is 0. The van der Waals surface area contributed by atoms with Crippen LogP contribution in [-0.4, -0.2) is 0 Å². The third kappa shape index (κ3) is 6.64. The first-order valence-electron chi connectivity index (χ1n) is 22.0. The summed E-state index contributed by atoms with van der Waals surface area (Å²) in [6.45, 7) is 0. The van der Waals surface area contributed by atoms with Gasteiger partial charge >= 0.3 is 0 Å². The second-order valence-electron chi connectivity index (χ2n) is 16.4. The van der Waals surface area contributed by atoms with Crippen molar-refractivity contribution >= 4 is 77.9 Å². The van der Waals surface area contributed by atoms with Crippen LogP contribution in [0.2, 0.25) is 0 Å². The van der Waals surface area contributed by atoms with Gasteiger partial charge < -0.3 is 18.6 Å². The number of hydrogen-bond acceptors (Lipinski definition) is 4. The Bertz CT molecular complexity index is 3530. The van der Waals surface area contributed by atoms with E-state index in [0.717, 1.165) is 107 Å². The first-order chi connectivity index (χ1) is 31.7. The predicted octanol–water partition coefficient (Wildman–Crippen LogP) is 17.2. The first kappa shape index (κ1) is 37.4. The first-order valence-corrected chi connectivity index (χ1v) is 22.0. The van der Waals surface area contributed by atoms with Crippen molar-refractivity contribution in [2.75, 3.05) is 9.80 Å². The quantitative estimate of drug-likeness (QED) is 0.145. The van der Waals surface area contributed by atoms with Gasteiger partial charge in [-0.3, -0.25) is 0 Å². The normalized spacial score (nSPS) is 12.8. The van der Waals surface area contributed by atoms with Gasteiger partial charge in [-0.25, -0.2) is 0 Å². The molecule has 0 N–H and O–H groups in total. The smallest absolute Gasteiger partial charge is 0.143 e. The summed E-state index contributed by atoms with van der Waals surface area (Å²) in [4.78, 5) is 4.70. The van der Waals surface area contributed by atoms with Crippen LogP contribution in [0.1, 0.15) is 18.4 Å². The molecule has 304 valence electrons. The lowest BCUT2D eigenvalue weighted by Gasteiger charge is -2.30. The Kier molecular flexibility index (Phi) is 9.27. The molecule has 12 rings (SSSR count). The van der Waals surface area contributed by atoms with Gasteiger partial charge in [0.05, 0.1) is 0 Å². The van der Waals surface area contributed by atoms with Crippen LogP contribution in [-0.2, 0) is 0 Å². The molecular formula is C60H42N2O2. The number of allylic oxidation sites excluding steroid dienone is 4. The molecular weight excluding hydrogens is 781 g/mol.